The summed E-state index contributed by atoms with van der Waals surface area (Å²) in [5.74, 6) is 1.11. The number of hydrogen-bond donors (Lipinski definition) is 1. The van der Waals surface area contributed by atoms with Crippen LogP contribution in [0.2, 0.25) is 0 Å². The molecular formula is C20H21FN4O. The predicted octanol–water partition coefficient (Wildman–Crippen LogP) is 3.44. The first-order valence-electron chi connectivity index (χ1n) is 9.01. The molecule has 1 aromatic carbocycles. The number of imidazole rings is 1. The van der Waals surface area contributed by atoms with Crippen molar-refractivity contribution in [3.63, 3.8) is 0 Å². The lowest BCUT2D eigenvalue weighted by atomic mass is 9.96. The second kappa shape index (κ2) is 7.23. The number of likely N-dealkylation sites (tertiary alicyclic amines) is 1. The Labute approximate surface area is 151 Å². The number of carbonyl (C=O) groups excluding carboxylic acids is 1. The van der Waals surface area contributed by atoms with Crippen LogP contribution in [0, 0.1) is 5.82 Å². The van der Waals surface area contributed by atoms with Crippen LogP contribution >= 0.6 is 0 Å². The first-order valence-corrected chi connectivity index (χ1v) is 9.01. The monoisotopic (exact) mass is 352 g/mol. The maximum atomic E-state index is 13.3. The summed E-state index contributed by atoms with van der Waals surface area (Å²) in [5.41, 5.74) is 2.61. The molecule has 2 aromatic heterocycles. The molecule has 0 unspecified atom stereocenters. The average Bonchev–Trinajstić information content (AvgIpc) is 3.10. The second-order valence-electron chi connectivity index (χ2n) is 6.80. The summed E-state index contributed by atoms with van der Waals surface area (Å²) >= 11 is 0. The Morgan fingerprint density at radius 2 is 2.12 bits per heavy atom. The fourth-order valence-corrected chi connectivity index (χ4v) is 3.55. The van der Waals surface area contributed by atoms with Crippen molar-refractivity contribution in [3.8, 4) is 0 Å². The molecule has 6 heteroatoms. The SMILES string of the molecule is O=C(CCc1cccnc1)N1CCC(c2nc3ccc(F)cc3[nH]2)CC1. The number of amides is 1. The van der Waals surface area contributed by atoms with Crippen LogP contribution in [-0.4, -0.2) is 38.8 Å². The zero-order valence-corrected chi connectivity index (χ0v) is 14.5. The van der Waals surface area contributed by atoms with Gasteiger partial charge in [0.1, 0.15) is 11.6 Å². The number of benzene rings is 1. The highest BCUT2D eigenvalue weighted by molar-refractivity contribution is 5.77. The Balaban J connectivity index is 1.33. The number of aryl methyl sites for hydroxylation is 1. The molecule has 1 aliphatic heterocycles. The summed E-state index contributed by atoms with van der Waals surface area (Å²) in [5, 5.41) is 0. The highest BCUT2D eigenvalue weighted by atomic mass is 19.1. The van der Waals surface area contributed by atoms with Crippen LogP contribution in [0.1, 0.15) is 36.6 Å². The van der Waals surface area contributed by atoms with Gasteiger partial charge in [0, 0.05) is 37.8 Å². The number of pyridine rings is 1. The van der Waals surface area contributed by atoms with Gasteiger partial charge in [-0.3, -0.25) is 9.78 Å². The lowest BCUT2D eigenvalue weighted by Crippen LogP contribution is -2.38. The molecule has 0 bridgehead atoms. The number of nitrogens with one attached hydrogen (secondary N) is 1. The zero-order valence-electron chi connectivity index (χ0n) is 14.5. The molecule has 0 radical (unpaired) electrons. The molecule has 0 spiro atoms. The minimum Gasteiger partial charge on any atom is -0.343 e. The van der Waals surface area contributed by atoms with Gasteiger partial charge in [-0.05, 0) is 49.1 Å². The topological polar surface area (TPSA) is 61.9 Å². The third kappa shape index (κ3) is 3.59. The van der Waals surface area contributed by atoms with Gasteiger partial charge in [0.15, 0.2) is 0 Å². The van der Waals surface area contributed by atoms with E-state index in [1.807, 2.05) is 23.2 Å². The highest BCUT2D eigenvalue weighted by Gasteiger charge is 2.25. The smallest absolute Gasteiger partial charge is 0.222 e. The maximum Gasteiger partial charge on any atom is 0.222 e. The molecule has 0 saturated carbocycles. The second-order valence-corrected chi connectivity index (χ2v) is 6.80. The first kappa shape index (κ1) is 16.7. The Bertz CT molecular complexity index is 901. The van der Waals surface area contributed by atoms with Gasteiger partial charge in [0.2, 0.25) is 5.91 Å². The van der Waals surface area contributed by atoms with E-state index in [2.05, 4.69) is 15.0 Å². The summed E-state index contributed by atoms with van der Waals surface area (Å²) in [4.78, 5) is 26.3. The van der Waals surface area contributed by atoms with E-state index in [1.54, 1.807) is 12.3 Å². The van der Waals surface area contributed by atoms with Crippen molar-refractivity contribution in [1.29, 1.82) is 0 Å². The largest absolute Gasteiger partial charge is 0.343 e. The van der Waals surface area contributed by atoms with E-state index in [1.165, 1.54) is 12.1 Å². The molecule has 134 valence electrons. The average molecular weight is 352 g/mol. The molecule has 1 fully saturated rings. The number of piperidine rings is 1. The van der Waals surface area contributed by atoms with Crippen molar-refractivity contribution in [2.75, 3.05) is 13.1 Å². The van der Waals surface area contributed by atoms with Crippen molar-refractivity contribution < 1.29 is 9.18 Å². The van der Waals surface area contributed by atoms with Crippen molar-refractivity contribution in [2.24, 2.45) is 0 Å². The number of rotatable bonds is 4. The van der Waals surface area contributed by atoms with E-state index < -0.39 is 0 Å². The summed E-state index contributed by atoms with van der Waals surface area (Å²) in [6.45, 7) is 1.48. The number of aromatic nitrogens is 3. The molecule has 1 amide bonds. The van der Waals surface area contributed by atoms with Crippen LogP contribution in [0.25, 0.3) is 11.0 Å². The third-order valence-electron chi connectivity index (χ3n) is 5.05. The predicted molar refractivity (Wildman–Crippen MR) is 97.2 cm³/mol. The lowest BCUT2D eigenvalue weighted by molar-refractivity contribution is -0.132. The third-order valence-corrected chi connectivity index (χ3v) is 5.05. The van der Waals surface area contributed by atoms with E-state index in [0.29, 0.717) is 6.42 Å². The molecule has 3 aromatic rings. The summed E-state index contributed by atoms with van der Waals surface area (Å²) < 4.78 is 13.3. The zero-order chi connectivity index (χ0) is 17.9. The van der Waals surface area contributed by atoms with Crippen LogP contribution in [0.3, 0.4) is 0 Å². The quantitative estimate of drug-likeness (QED) is 0.782. The van der Waals surface area contributed by atoms with Crippen LogP contribution in [0.4, 0.5) is 4.39 Å². The maximum absolute atomic E-state index is 13.3. The van der Waals surface area contributed by atoms with E-state index in [4.69, 9.17) is 0 Å². The highest BCUT2D eigenvalue weighted by Crippen LogP contribution is 2.28. The number of hydrogen-bond acceptors (Lipinski definition) is 3. The van der Waals surface area contributed by atoms with E-state index >= 15 is 0 Å². The molecule has 3 heterocycles. The van der Waals surface area contributed by atoms with Gasteiger partial charge in [-0.15, -0.1) is 0 Å². The number of fused-ring (bicyclic) bond motifs is 1. The molecular weight excluding hydrogens is 331 g/mol. The van der Waals surface area contributed by atoms with Crippen LogP contribution in [0.15, 0.2) is 42.7 Å². The number of carbonyl (C=O) groups is 1. The van der Waals surface area contributed by atoms with Crippen molar-refractivity contribution in [2.45, 2.75) is 31.6 Å². The van der Waals surface area contributed by atoms with Gasteiger partial charge in [-0.2, -0.15) is 0 Å². The van der Waals surface area contributed by atoms with E-state index in [-0.39, 0.29) is 17.6 Å². The standard InChI is InChI=1S/C20H21FN4O/c21-16-4-5-17-18(12-16)24-20(23-17)15-7-10-25(11-8-15)19(26)6-3-14-2-1-9-22-13-14/h1-2,4-5,9,12-13,15H,3,6-8,10-11H2,(H,23,24). The Hall–Kier alpha value is -2.76. The number of H-pyrrole nitrogens is 1. The lowest BCUT2D eigenvalue weighted by Gasteiger charge is -2.31. The summed E-state index contributed by atoms with van der Waals surface area (Å²) in [6.07, 6.45) is 6.54. The fraction of sp³-hybridized carbons (Fsp3) is 0.350. The summed E-state index contributed by atoms with van der Waals surface area (Å²) in [6, 6.07) is 8.49. The summed E-state index contributed by atoms with van der Waals surface area (Å²) in [7, 11) is 0. The normalized spacial score (nSPS) is 15.5. The van der Waals surface area contributed by atoms with Crippen molar-refractivity contribution in [1.82, 2.24) is 19.9 Å². The number of aromatic amines is 1. The molecule has 26 heavy (non-hydrogen) atoms. The molecule has 0 aliphatic carbocycles. The van der Waals surface area contributed by atoms with Crippen LogP contribution in [-0.2, 0) is 11.2 Å². The van der Waals surface area contributed by atoms with Gasteiger partial charge in [-0.25, -0.2) is 9.37 Å². The Kier molecular flexibility index (Phi) is 4.65. The van der Waals surface area contributed by atoms with E-state index in [0.717, 1.165) is 54.8 Å². The van der Waals surface area contributed by atoms with Gasteiger partial charge in [0.25, 0.3) is 0 Å². The number of halogens is 1. The van der Waals surface area contributed by atoms with Crippen LogP contribution < -0.4 is 0 Å². The van der Waals surface area contributed by atoms with Gasteiger partial charge in [0.05, 0.1) is 11.0 Å². The van der Waals surface area contributed by atoms with Crippen LogP contribution in [0.5, 0.6) is 0 Å². The van der Waals surface area contributed by atoms with Crippen molar-refractivity contribution in [3.05, 3.63) is 59.9 Å². The Morgan fingerprint density at radius 1 is 1.27 bits per heavy atom. The minimum absolute atomic E-state index is 0.194. The molecule has 5 nitrogen and oxygen atoms in total. The molecule has 4 rings (SSSR count). The molecule has 1 saturated heterocycles. The van der Waals surface area contributed by atoms with Crippen molar-refractivity contribution >= 4 is 16.9 Å². The molecule has 1 N–H and O–H groups in total. The van der Waals surface area contributed by atoms with Gasteiger partial charge in [-0.1, -0.05) is 6.07 Å². The fourth-order valence-electron chi connectivity index (χ4n) is 3.55. The van der Waals surface area contributed by atoms with E-state index in [9.17, 15) is 9.18 Å². The molecule has 1 aliphatic rings. The number of nitrogens with zero attached hydrogens (tertiary/aromatic N) is 3. The molecule has 0 atom stereocenters. The first-order chi connectivity index (χ1) is 12.7. The Morgan fingerprint density at radius 3 is 2.88 bits per heavy atom. The van der Waals surface area contributed by atoms with Gasteiger partial charge >= 0.3 is 0 Å². The van der Waals surface area contributed by atoms with Gasteiger partial charge < -0.3 is 9.88 Å². The minimum atomic E-state index is -0.262.